The van der Waals surface area contributed by atoms with Gasteiger partial charge in [-0.2, -0.15) is 0 Å². The number of likely N-dealkylation sites (tertiary alicyclic amines) is 1. The van der Waals surface area contributed by atoms with Gasteiger partial charge in [-0.1, -0.05) is 0 Å². The molecule has 2 aromatic heterocycles. The van der Waals surface area contributed by atoms with Gasteiger partial charge < -0.3 is 10.2 Å². The SMILES string of the molecule is CNc1cc([C@@H]2CCCN(C(=O)c3ccc(C)s3)C2)ccn1. The minimum absolute atomic E-state index is 0.172. The Kier molecular flexibility index (Phi) is 4.43. The Labute approximate surface area is 135 Å². The molecule has 0 aromatic carbocycles. The molecule has 2 aromatic rings. The molecule has 116 valence electrons. The van der Waals surface area contributed by atoms with Crippen LogP contribution in [0.1, 0.15) is 38.9 Å². The molecule has 0 spiro atoms. The Bertz CT molecular complexity index is 667. The Morgan fingerprint density at radius 1 is 1.41 bits per heavy atom. The van der Waals surface area contributed by atoms with Gasteiger partial charge >= 0.3 is 0 Å². The molecule has 5 heteroatoms. The third kappa shape index (κ3) is 3.14. The lowest BCUT2D eigenvalue weighted by molar-refractivity contribution is 0.0712. The Balaban J connectivity index is 1.75. The summed E-state index contributed by atoms with van der Waals surface area (Å²) >= 11 is 1.58. The molecule has 22 heavy (non-hydrogen) atoms. The highest BCUT2D eigenvalue weighted by atomic mass is 32.1. The lowest BCUT2D eigenvalue weighted by atomic mass is 9.91. The van der Waals surface area contributed by atoms with Gasteiger partial charge in [-0.15, -0.1) is 11.3 Å². The fourth-order valence-corrected chi connectivity index (χ4v) is 3.81. The molecular weight excluding hydrogens is 294 g/mol. The molecule has 0 aliphatic carbocycles. The van der Waals surface area contributed by atoms with Crippen molar-refractivity contribution in [3.63, 3.8) is 0 Å². The molecule has 0 bridgehead atoms. The summed E-state index contributed by atoms with van der Waals surface area (Å²) in [6, 6.07) is 8.11. The topological polar surface area (TPSA) is 45.2 Å². The third-order valence-corrected chi connectivity index (χ3v) is 5.16. The van der Waals surface area contributed by atoms with Crippen molar-refractivity contribution in [1.29, 1.82) is 0 Å². The molecule has 3 heterocycles. The number of pyridine rings is 1. The average molecular weight is 315 g/mol. The van der Waals surface area contributed by atoms with E-state index in [0.717, 1.165) is 36.6 Å². The molecule has 3 rings (SSSR count). The van der Waals surface area contributed by atoms with E-state index in [2.05, 4.69) is 22.4 Å². The third-order valence-electron chi connectivity index (χ3n) is 4.17. The van der Waals surface area contributed by atoms with Gasteiger partial charge in [0.15, 0.2) is 0 Å². The van der Waals surface area contributed by atoms with E-state index < -0.39 is 0 Å². The van der Waals surface area contributed by atoms with E-state index in [4.69, 9.17) is 0 Å². The first-order valence-electron chi connectivity index (χ1n) is 7.67. The lowest BCUT2D eigenvalue weighted by Crippen LogP contribution is -2.38. The number of anilines is 1. The Morgan fingerprint density at radius 2 is 2.27 bits per heavy atom. The number of rotatable bonds is 3. The van der Waals surface area contributed by atoms with E-state index in [1.165, 1.54) is 10.4 Å². The van der Waals surface area contributed by atoms with Gasteiger partial charge in [-0.3, -0.25) is 4.79 Å². The molecule has 4 nitrogen and oxygen atoms in total. The maximum atomic E-state index is 12.6. The number of carbonyl (C=O) groups excluding carboxylic acids is 1. The summed E-state index contributed by atoms with van der Waals surface area (Å²) in [5.41, 5.74) is 1.26. The first kappa shape index (κ1) is 15.0. The summed E-state index contributed by atoms with van der Waals surface area (Å²) in [5.74, 6) is 1.45. The van der Waals surface area contributed by atoms with E-state index in [9.17, 15) is 4.79 Å². The van der Waals surface area contributed by atoms with Crippen LogP contribution in [0.3, 0.4) is 0 Å². The number of amides is 1. The quantitative estimate of drug-likeness (QED) is 0.942. The monoisotopic (exact) mass is 315 g/mol. The van der Waals surface area contributed by atoms with Gasteiger partial charge in [0.05, 0.1) is 4.88 Å². The van der Waals surface area contributed by atoms with Gasteiger partial charge in [0.1, 0.15) is 5.82 Å². The molecule has 1 atom stereocenters. The standard InChI is InChI=1S/C17H21N3OS/c1-12-5-6-15(22-12)17(21)20-9-3-4-14(11-20)13-7-8-19-16(10-13)18-2/h5-8,10,14H,3-4,9,11H2,1-2H3,(H,18,19)/t14-/m1/s1. The predicted molar refractivity (Wildman–Crippen MR) is 90.7 cm³/mol. The van der Waals surface area contributed by atoms with Crippen molar-refractivity contribution in [1.82, 2.24) is 9.88 Å². The number of nitrogens with zero attached hydrogens (tertiary/aromatic N) is 2. The van der Waals surface area contributed by atoms with E-state index in [1.807, 2.05) is 37.2 Å². The number of hydrogen-bond acceptors (Lipinski definition) is 4. The summed E-state index contributed by atoms with van der Waals surface area (Å²) in [5, 5.41) is 3.08. The summed E-state index contributed by atoms with van der Waals surface area (Å²) in [7, 11) is 1.88. The lowest BCUT2D eigenvalue weighted by Gasteiger charge is -2.33. The molecule has 1 fully saturated rings. The first-order valence-corrected chi connectivity index (χ1v) is 8.48. The second-order valence-corrected chi connectivity index (χ2v) is 7.01. The zero-order chi connectivity index (χ0) is 15.5. The van der Waals surface area contributed by atoms with Crippen LogP contribution >= 0.6 is 11.3 Å². The normalized spacial score (nSPS) is 18.3. The molecule has 1 aliphatic heterocycles. The summed E-state index contributed by atoms with van der Waals surface area (Å²) in [4.78, 5) is 20.9. The van der Waals surface area contributed by atoms with E-state index in [1.54, 1.807) is 11.3 Å². The molecule has 0 saturated carbocycles. The fraction of sp³-hybridized carbons (Fsp3) is 0.412. The van der Waals surface area contributed by atoms with Crippen LogP contribution in [0, 0.1) is 6.92 Å². The number of aromatic nitrogens is 1. The summed E-state index contributed by atoms with van der Waals surface area (Å²) in [6.45, 7) is 3.69. The van der Waals surface area contributed by atoms with Crippen LogP contribution in [0.5, 0.6) is 0 Å². The smallest absolute Gasteiger partial charge is 0.263 e. The van der Waals surface area contributed by atoms with E-state index >= 15 is 0 Å². The fourth-order valence-electron chi connectivity index (χ4n) is 2.98. The number of aryl methyl sites for hydroxylation is 1. The largest absolute Gasteiger partial charge is 0.373 e. The van der Waals surface area contributed by atoms with Crippen LogP contribution in [0.4, 0.5) is 5.82 Å². The van der Waals surface area contributed by atoms with Crippen molar-refractivity contribution < 1.29 is 4.79 Å². The van der Waals surface area contributed by atoms with Crippen molar-refractivity contribution in [3.8, 4) is 0 Å². The van der Waals surface area contributed by atoms with Gasteiger partial charge in [0, 0.05) is 37.1 Å². The maximum absolute atomic E-state index is 12.6. The molecule has 0 radical (unpaired) electrons. The highest BCUT2D eigenvalue weighted by molar-refractivity contribution is 7.13. The van der Waals surface area contributed by atoms with E-state index in [-0.39, 0.29) is 5.91 Å². The number of carbonyl (C=O) groups is 1. The van der Waals surface area contributed by atoms with Crippen molar-refractivity contribution >= 4 is 23.1 Å². The van der Waals surface area contributed by atoms with Crippen LogP contribution < -0.4 is 5.32 Å². The zero-order valence-electron chi connectivity index (χ0n) is 13.0. The minimum atomic E-state index is 0.172. The molecule has 0 unspecified atom stereocenters. The second-order valence-electron chi connectivity index (χ2n) is 5.73. The highest BCUT2D eigenvalue weighted by Gasteiger charge is 2.26. The molecular formula is C17H21N3OS. The van der Waals surface area contributed by atoms with Gasteiger partial charge in [-0.05, 0) is 49.6 Å². The number of nitrogens with one attached hydrogen (secondary N) is 1. The predicted octanol–water partition coefficient (Wildman–Crippen LogP) is 3.51. The summed E-state index contributed by atoms with van der Waals surface area (Å²) < 4.78 is 0. The number of hydrogen-bond donors (Lipinski definition) is 1. The molecule has 1 amide bonds. The van der Waals surface area contributed by atoms with Gasteiger partial charge in [-0.25, -0.2) is 4.98 Å². The Morgan fingerprint density at radius 3 is 3.00 bits per heavy atom. The second kappa shape index (κ2) is 6.48. The van der Waals surface area contributed by atoms with Gasteiger partial charge in [0.2, 0.25) is 0 Å². The first-order chi connectivity index (χ1) is 10.7. The van der Waals surface area contributed by atoms with Crippen molar-refractivity contribution in [2.24, 2.45) is 0 Å². The summed E-state index contributed by atoms with van der Waals surface area (Å²) in [6.07, 6.45) is 4.02. The van der Waals surface area contributed by atoms with Crippen molar-refractivity contribution in [2.75, 3.05) is 25.5 Å². The minimum Gasteiger partial charge on any atom is -0.373 e. The molecule has 1 N–H and O–H groups in total. The number of thiophene rings is 1. The van der Waals surface area contributed by atoms with Crippen LogP contribution in [-0.2, 0) is 0 Å². The van der Waals surface area contributed by atoms with Crippen molar-refractivity contribution in [2.45, 2.75) is 25.7 Å². The van der Waals surface area contributed by atoms with Crippen LogP contribution in [0.2, 0.25) is 0 Å². The van der Waals surface area contributed by atoms with Gasteiger partial charge in [0.25, 0.3) is 5.91 Å². The number of piperidine rings is 1. The molecule has 1 aliphatic rings. The van der Waals surface area contributed by atoms with E-state index in [0.29, 0.717) is 5.92 Å². The van der Waals surface area contributed by atoms with Crippen LogP contribution in [0.25, 0.3) is 0 Å². The zero-order valence-corrected chi connectivity index (χ0v) is 13.8. The highest BCUT2D eigenvalue weighted by Crippen LogP contribution is 2.29. The van der Waals surface area contributed by atoms with Crippen molar-refractivity contribution in [3.05, 3.63) is 45.8 Å². The van der Waals surface area contributed by atoms with Crippen LogP contribution in [-0.4, -0.2) is 35.9 Å². The maximum Gasteiger partial charge on any atom is 0.263 e. The Hall–Kier alpha value is -1.88. The van der Waals surface area contributed by atoms with Crippen LogP contribution in [0.15, 0.2) is 30.5 Å². The average Bonchev–Trinajstić information content (AvgIpc) is 3.01. The molecule has 1 saturated heterocycles.